The number of phenols is 1. The Bertz CT molecular complexity index is 2070. The maximum atomic E-state index is 14.4. The highest BCUT2D eigenvalue weighted by atomic mass is 16.4. The number of phenolic OH excluding ortho intramolecular Hbond substituents is 1. The molecule has 20 N–H and O–H groups in total. The van der Waals surface area contributed by atoms with E-state index in [2.05, 4.69) is 36.9 Å². The number of hydrogen-bond donors (Lipinski definition) is 14. The van der Waals surface area contributed by atoms with E-state index in [-0.39, 0.29) is 50.4 Å². The molecule has 0 saturated heterocycles. The van der Waals surface area contributed by atoms with Gasteiger partial charge in [0.1, 0.15) is 42.0 Å². The van der Waals surface area contributed by atoms with E-state index in [0.717, 1.165) is 0 Å². The van der Waals surface area contributed by atoms with Gasteiger partial charge in [0, 0.05) is 25.8 Å². The third-order valence-electron chi connectivity index (χ3n) is 10.9. The van der Waals surface area contributed by atoms with Gasteiger partial charge >= 0.3 is 5.97 Å². The van der Waals surface area contributed by atoms with Crippen molar-refractivity contribution in [3.63, 3.8) is 0 Å². The number of nitrogens with one attached hydrogen (secondary N) is 6. The zero-order valence-corrected chi connectivity index (χ0v) is 39.0. The number of nitrogens with two attached hydrogens (primary N) is 6. The molecule has 0 aliphatic rings. The molecule has 24 nitrogen and oxygen atoms in total. The SMILES string of the molecule is CC[C@H](C)[C@H](NC(=O)[C@H](Cc1ccc(O)cc1)NC(=O)[C@H](CCC(=O)O)NC(=O)[C@H](CC(N)=O)NC(=O)[C@@H](N)CCCCN)C(=O)N[C@@H](CCCN=C(N)N)C(=O)N[C@@H](Cc1ccccc1)C(N)=O. The van der Waals surface area contributed by atoms with Crippen molar-refractivity contribution in [1.29, 1.82) is 0 Å². The monoisotopic (exact) mass is 968 g/mol. The molecule has 0 saturated carbocycles. The second-order valence-corrected chi connectivity index (χ2v) is 16.6. The molecule has 2 aromatic carbocycles. The van der Waals surface area contributed by atoms with Gasteiger partial charge in [0.05, 0.1) is 12.5 Å². The molecule has 2 rings (SSSR count). The Morgan fingerprint density at radius 2 is 1.13 bits per heavy atom. The number of aliphatic imine (C=N–C) groups is 1. The molecule has 24 heteroatoms. The molecule has 0 fully saturated rings. The number of benzene rings is 2. The number of aromatic hydroxyl groups is 1. The van der Waals surface area contributed by atoms with Crippen LogP contribution in [0.5, 0.6) is 5.75 Å². The molecule has 0 unspecified atom stereocenters. The van der Waals surface area contributed by atoms with Gasteiger partial charge in [-0.2, -0.15) is 0 Å². The molecule has 2 aromatic rings. The average molecular weight is 968 g/mol. The third kappa shape index (κ3) is 21.9. The number of carbonyl (C=O) groups is 9. The molecule has 380 valence electrons. The van der Waals surface area contributed by atoms with Crippen LogP contribution in [0.4, 0.5) is 0 Å². The van der Waals surface area contributed by atoms with Crippen LogP contribution in [0.3, 0.4) is 0 Å². The predicted octanol–water partition coefficient (Wildman–Crippen LogP) is -3.13. The fourth-order valence-corrected chi connectivity index (χ4v) is 6.82. The van der Waals surface area contributed by atoms with E-state index in [0.29, 0.717) is 36.9 Å². The summed E-state index contributed by atoms with van der Waals surface area (Å²) < 4.78 is 0. The molecule has 0 aliphatic heterocycles. The first kappa shape index (κ1) is 57.8. The minimum Gasteiger partial charge on any atom is -0.508 e. The second-order valence-electron chi connectivity index (χ2n) is 16.6. The molecular weight excluding hydrogens is 899 g/mol. The van der Waals surface area contributed by atoms with Crippen molar-refractivity contribution in [2.75, 3.05) is 13.1 Å². The highest BCUT2D eigenvalue weighted by molar-refractivity contribution is 5.98. The van der Waals surface area contributed by atoms with Gasteiger partial charge in [-0.25, -0.2) is 0 Å². The topological polar surface area (TPSA) is 435 Å². The van der Waals surface area contributed by atoms with Crippen molar-refractivity contribution in [2.45, 2.75) is 127 Å². The van der Waals surface area contributed by atoms with Gasteiger partial charge < -0.3 is 76.5 Å². The molecule has 69 heavy (non-hydrogen) atoms. The molecule has 8 atom stereocenters. The number of carboxylic acid groups (broad SMARTS) is 1. The molecule has 0 spiro atoms. The van der Waals surface area contributed by atoms with E-state index in [4.69, 9.17) is 34.4 Å². The van der Waals surface area contributed by atoms with Gasteiger partial charge in [0.15, 0.2) is 5.96 Å². The van der Waals surface area contributed by atoms with E-state index >= 15 is 0 Å². The van der Waals surface area contributed by atoms with Crippen LogP contribution in [-0.2, 0) is 56.0 Å². The number of carbonyl (C=O) groups excluding carboxylic acids is 8. The minimum absolute atomic E-state index is 0.0269. The largest absolute Gasteiger partial charge is 0.508 e. The number of rotatable bonds is 32. The van der Waals surface area contributed by atoms with Crippen molar-refractivity contribution in [3.8, 4) is 5.75 Å². The van der Waals surface area contributed by atoms with Crippen molar-refractivity contribution in [3.05, 3.63) is 65.7 Å². The average Bonchev–Trinajstić information content (AvgIpc) is 3.29. The lowest BCUT2D eigenvalue weighted by Gasteiger charge is -2.29. The molecule has 0 aromatic heterocycles. The summed E-state index contributed by atoms with van der Waals surface area (Å²) in [6, 6.07) is 4.59. The predicted molar refractivity (Wildman–Crippen MR) is 254 cm³/mol. The maximum absolute atomic E-state index is 14.4. The van der Waals surface area contributed by atoms with Crippen LogP contribution < -0.4 is 66.3 Å². The van der Waals surface area contributed by atoms with Crippen LogP contribution in [0.2, 0.25) is 0 Å². The van der Waals surface area contributed by atoms with E-state index in [1.807, 2.05) is 0 Å². The summed E-state index contributed by atoms with van der Waals surface area (Å²) in [5.74, 6) is -9.56. The number of unbranched alkanes of at least 4 members (excludes halogenated alkanes) is 1. The number of guanidine groups is 1. The Morgan fingerprint density at radius 3 is 1.70 bits per heavy atom. The Balaban J connectivity index is 2.48. The van der Waals surface area contributed by atoms with E-state index in [1.54, 1.807) is 44.2 Å². The fraction of sp³-hybridized carbons (Fsp3) is 0.511. The molecule has 8 amide bonds. The number of carboxylic acids is 1. The smallest absolute Gasteiger partial charge is 0.303 e. The van der Waals surface area contributed by atoms with Gasteiger partial charge in [-0.05, 0) is 67.8 Å². The van der Waals surface area contributed by atoms with Gasteiger partial charge in [0.2, 0.25) is 47.3 Å². The van der Waals surface area contributed by atoms with E-state index in [9.17, 15) is 53.4 Å². The van der Waals surface area contributed by atoms with Crippen molar-refractivity contribution in [2.24, 2.45) is 45.3 Å². The highest BCUT2D eigenvalue weighted by Gasteiger charge is 2.35. The summed E-state index contributed by atoms with van der Waals surface area (Å²) in [5, 5.41) is 34.6. The summed E-state index contributed by atoms with van der Waals surface area (Å²) in [7, 11) is 0. The Hall–Kier alpha value is -7.34. The summed E-state index contributed by atoms with van der Waals surface area (Å²) >= 11 is 0. The van der Waals surface area contributed by atoms with Crippen LogP contribution in [0.15, 0.2) is 59.6 Å². The molecule has 0 bridgehead atoms. The first-order valence-electron chi connectivity index (χ1n) is 22.6. The standard InChI is InChI=1S/C45H69N13O11/c1-3-25(2)37(44(69)54-30(13-9-21-52-45(50)51)40(65)55-32(38(49)63)22-26-10-5-4-6-11-26)58-43(68)33(23-27-14-16-28(59)17-15-27)57-41(66)31(18-19-36(61)62)53-42(67)34(24-35(48)60)56-39(64)29(47)12-7-8-20-46/h4-6,10-11,14-17,25,29-34,37,59H,3,7-9,12-13,18-24,46-47H2,1-2H3,(H2,48,60)(H2,49,63)(H,53,67)(H,54,69)(H,55,65)(H,56,64)(H,57,66)(H,58,68)(H,61,62)(H4,50,51,52)/t25-,29-,30-,31-,32-,33-,34-,37-/m0/s1. The van der Waals surface area contributed by atoms with Crippen LogP contribution in [-0.4, -0.2) is 125 Å². The third-order valence-corrected chi connectivity index (χ3v) is 10.9. The summed E-state index contributed by atoms with van der Waals surface area (Å²) in [6.07, 6.45) is -0.373. The van der Waals surface area contributed by atoms with Gasteiger partial charge in [-0.15, -0.1) is 0 Å². The van der Waals surface area contributed by atoms with Crippen LogP contribution >= 0.6 is 0 Å². The highest BCUT2D eigenvalue weighted by Crippen LogP contribution is 2.15. The lowest BCUT2D eigenvalue weighted by Crippen LogP contribution is -2.61. The Morgan fingerprint density at radius 1 is 0.609 bits per heavy atom. The number of aliphatic carboxylic acids is 1. The lowest BCUT2D eigenvalue weighted by atomic mass is 9.96. The summed E-state index contributed by atoms with van der Waals surface area (Å²) in [5.41, 5.74) is 34.6. The number of nitrogens with zero attached hydrogens (tertiary/aromatic N) is 1. The molecular formula is C45H69N13O11. The summed E-state index contributed by atoms with van der Waals surface area (Å²) in [6.45, 7) is 3.83. The zero-order valence-electron chi connectivity index (χ0n) is 39.0. The Labute approximate surface area is 400 Å². The first-order valence-corrected chi connectivity index (χ1v) is 22.6. The molecule has 0 radical (unpaired) electrons. The Kier molecular flexibility index (Phi) is 25.2. The van der Waals surface area contributed by atoms with Gasteiger partial charge in [0.25, 0.3) is 0 Å². The fourth-order valence-electron chi connectivity index (χ4n) is 6.82. The number of amides is 8. The minimum atomic E-state index is -1.67. The number of hydrogen-bond acceptors (Lipinski definition) is 13. The van der Waals surface area contributed by atoms with Crippen LogP contribution in [0.1, 0.15) is 82.8 Å². The molecule has 0 heterocycles. The lowest BCUT2D eigenvalue weighted by molar-refractivity contribution is -0.138. The first-order chi connectivity index (χ1) is 32.6. The maximum Gasteiger partial charge on any atom is 0.303 e. The van der Waals surface area contributed by atoms with Crippen LogP contribution in [0, 0.1) is 5.92 Å². The van der Waals surface area contributed by atoms with Gasteiger partial charge in [-0.3, -0.25) is 48.1 Å². The normalized spacial score (nSPS) is 14.4. The second kappa shape index (κ2) is 30.1. The van der Waals surface area contributed by atoms with Crippen molar-refractivity contribution >= 4 is 59.2 Å². The quantitative estimate of drug-likeness (QED) is 0.0196. The van der Waals surface area contributed by atoms with Crippen molar-refractivity contribution < 1.29 is 53.4 Å². The zero-order chi connectivity index (χ0) is 51.6. The van der Waals surface area contributed by atoms with Crippen molar-refractivity contribution in [1.82, 2.24) is 31.9 Å². The van der Waals surface area contributed by atoms with E-state index in [1.165, 1.54) is 24.3 Å². The molecule has 0 aliphatic carbocycles. The van der Waals surface area contributed by atoms with E-state index < -0.39 is 121 Å². The van der Waals surface area contributed by atoms with Gasteiger partial charge in [-0.1, -0.05) is 69.2 Å². The summed E-state index contributed by atoms with van der Waals surface area (Å²) in [4.78, 5) is 123. The number of primary amides is 2. The van der Waals surface area contributed by atoms with Crippen LogP contribution in [0.25, 0.3) is 0 Å².